The van der Waals surface area contributed by atoms with Gasteiger partial charge in [-0.2, -0.15) is 0 Å². The normalized spacial score (nSPS) is 19.0. The van der Waals surface area contributed by atoms with E-state index in [2.05, 4.69) is 0 Å². The summed E-state index contributed by atoms with van der Waals surface area (Å²) in [5, 5.41) is 7.50. The Morgan fingerprint density at radius 2 is 1.73 bits per heavy atom. The second-order valence-corrected chi connectivity index (χ2v) is 3.83. The monoisotopic (exact) mass is 194 g/mol. The summed E-state index contributed by atoms with van der Waals surface area (Å²) in [4.78, 5) is 1.29. The lowest BCUT2D eigenvalue weighted by molar-refractivity contribution is 0.338. The Hall–Kier alpha value is 0.0500. The molecule has 0 unspecified atom stereocenters. The molecule has 1 heterocycles. The van der Waals surface area contributed by atoms with Gasteiger partial charge in [-0.05, 0) is 19.3 Å². The van der Waals surface area contributed by atoms with Gasteiger partial charge in [0, 0.05) is 13.1 Å². The molecule has 64 valence electrons. The van der Waals surface area contributed by atoms with Crippen LogP contribution >= 0.6 is 23.2 Å². The molecule has 1 aliphatic rings. The maximum atomic E-state index is 7.50. The summed E-state index contributed by atoms with van der Waals surface area (Å²) < 4.78 is 0. The average Bonchev–Trinajstić information content (AvgIpc) is 2.05. The van der Waals surface area contributed by atoms with Gasteiger partial charge in [-0.1, -0.05) is 23.2 Å². The molecule has 0 radical (unpaired) electrons. The van der Waals surface area contributed by atoms with Gasteiger partial charge in [0.05, 0.1) is 0 Å². The van der Waals surface area contributed by atoms with Gasteiger partial charge in [-0.15, -0.1) is 0 Å². The van der Waals surface area contributed by atoms with Crippen LogP contribution in [0.5, 0.6) is 0 Å². The van der Waals surface area contributed by atoms with Gasteiger partial charge in [0.25, 0.3) is 0 Å². The Bertz CT molecular complexity index is 141. The zero-order valence-electron chi connectivity index (χ0n) is 6.32. The third-order valence-electron chi connectivity index (χ3n) is 1.90. The Kier molecular flexibility index (Phi) is 3.46. The first kappa shape index (κ1) is 9.14. The summed E-state index contributed by atoms with van der Waals surface area (Å²) >= 11 is 11.1. The molecule has 4 heteroatoms. The quantitative estimate of drug-likeness (QED) is 0.387. The molecule has 0 aromatic carbocycles. The van der Waals surface area contributed by atoms with Crippen LogP contribution in [0.25, 0.3) is 0 Å². The van der Waals surface area contributed by atoms with E-state index in [4.69, 9.17) is 28.6 Å². The molecular weight excluding hydrogens is 183 g/mol. The van der Waals surface area contributed by atoms with E-state index in [-0.39, 0.29) is 0 Å². The van der Waals surface area contributed by atoms with Crippen molar-refractivity contribution in [2.45, 2.75) is 24.1 Å². The van der Waals surface area contributed by atoms with Crippen molar-refractivity contribution < 1.29 is 0 Å². The molecule has 1 saturated heterocycles. The Balaban J connectivity index is 2.39. The topological polar surface area (TPSA) is 27.1 Å². The minimum Gasteiger partial charge on any atom is -0.358 e. The van der Waals surface area contributed by atoms with Crippen LogP contribution in [0.15, 0.2) is 0 Å². The van der Waals surface area contributed by atoms with Crippen molar-refractivity contribution >= 4 is 29.0 Å². The van der Waals surface area contributed by atoms with Crippen LogP contribution < -0.4 is 0 Å². The van der Waals surface area contributed by atoms with E-state index in [0.717, 1.165) is 25.9 Å². The summed E-state index contributed by atoms with van der Waals surface area (Å²) in [6, 6.07) is 0. The minimum absolute atomic E-state index is 0.355. The first-order chi connectivity index (χ1) is 5.22. The van der Waals surface area contributed by atoms with Crippen LogP contribution in [0.3, 0.4) is 0 Å². The number of nitrogens with zero attached hydrogens (tertiary/aromatic N) is 1. The van der Waals surface area contributed by atoms with Gasteiger partial charge in [0.2, 0.25) is 0 Å². The van der Waals surface area contributed by atoms with E-state index in [1.54, 1.807) is 0 Å². The molecule has 0 atom stereocenters. The van der Waals surface area contributed by atoms with Gasteiger partial charge in [0.15, 0.2) is 4.84 Å². The number of amidine groups is 1. The predicted molar refractivity (Wildman–Crippen MR) is 48.6 cm³/mol. The van der Waals surface area contributed by atoms with E-state index in [9.17, 15) is 0 Å². The van der Waals surface area contributed by atoms with E-state index in [1.807, 2.05) is 4.90 Å². The SMILES string of the molecule is N=C(C(Cl)Cl)N1CCCCC1. The van der Waals surface area contributed by atoms with Crippen molar-refractivity contribution in [3.63, 3.8) is 0 Å². The lowest BCUT2D eigenvalue weighted by atomic mass is 10.1. The maximum absolute atomic E-state index is 7.50. The molecule has 1 rings (SSSR count). The number of hydrogen-bond acceptors (Lipinski definition) is 1. The summed E-state index contributed by atoms with van der Waals surface area (Å²) in [7, 11) is 0. The second-order valence-electron chi connectivity index (χ2n) is 2.73. The summed E-state index contributed by atoms with van der Waals surface area (Å²) in [6.07, 6.45) is 3.57. The molecule has 0 spiro atoms. The second kappa shape index (κ2) is 4.17. The highest BCUT2D eigenvalue weighted by atomic mass is 35.5. The van der Waals surface area contributed by atoms with Gasteiger partial charge < -0.3 is 4.90 Å². The third kappa shape index (κ3) is 2.53. The van der Waals surface area contributed by atoms with Crippen LogP contribution in [0.2, 0.25) is 0 Å². The molecule has 1 fully saturated rings. The van der Waals surface area contributed by atoms with Crippen molar-refractivity contribution in [2.75, 3.05) is 13.1 Å². The number of likely N-dealkylation sites (tertiary alicyclic amines) is 1. The van der Waals surface area contributed by atoms with Crippen LogP contribution in [0.4, 0.5) is 0 Å². The number of hydrogen-bond donors (Lipinski definition) is 1. The number of piperidine rings is 1. The number of alkyl halides is 2. The van der Waals surface area contributed by atoms with Crippen molar-refractivity contribution in [2.24, 2.45) is 0 Å². The van der Waals surface area contributed by atoms with E-state index in [1.165, 1.54) is 6.42 Å². The Morgan fingerprint density at radius 3 is 2.18 bits per heavy atom. The van der Waals surface area contributed by atoms with Crippen LogP contribution in [0, 0.1) is 5.41 Å². The molecule has 1 aliphatic heterocycles. The van der Waals surface area contributed by atoms with Crippen molar-refractivity contribution in [3.05, 3.63) is 0 Å². The van der Waals surface area contributed by atoms with Gasteiger partial charge in [-0.25, -0.2) is 0 Å². The maximum Gasteiger partial charge on any atom is 0.164 e. The fourth-order valence-electron chi connectivity index (χ4n) is 1.27. The molecule has 2 nitrogen and oxygen atoms in total. The minimum atomic E-state index is -0.659. The fourth-order valence-corrected chi connectivity index (χ4v) is 1.55. The molecule has 0 aromatic heterocycles. The molecule has 0 aromatic rings. The standard InChI is InChI=1S/C7H12Cl2N2/c8-6(9)7(10)11-4-2-1-3-5-11/h6,10H,1-5H2. The zero-order valence-corrected chi connectivity index (χ0v) is 7.83. The van der Waals surface area contributed by atoms with Crippen molar-refractivity contribution in [1.29, 1.82) is 5.41 Å². The van der Waals surface area contributed by atoms with Crippen LogP contribution in [-0.2, 0) is 0 Å². The van der Waals surface area contributed by atoms with Gasteiger partial charge >= 0.3 is 0 Å². The Morgan fingerprint density at radius 1 is 1.18 bits per heavy atom. The summed E-state index contributed by atoms with van der Waals surface area (Å²) in [5.41, 5.74) is 0. The lowest BCUT2D eigenvalue weighted by Gasteiger charge is -2.29. The number of rotatable bonds is 1. The van der Waals surface area contributed by atoms with E-state index in [0.29, 0.717) is 5.84 Å². The van der Waals surface area contributed by atoms with Crippen LogP contribution in [-0.4, -0.2) is 28.7 Å². The van der Waals surface area contributed by atoms with E-state index >= 15 is 0 Å². The highest BCUT2D eigenvalue weighted by Gasteiger charge is 2.17. The largest absolute Gasteiger partial charge is 0.358 e. The predicted octanol–water partition coefficient (Wildman–Crippen LogP) is 2.25. The van der Waals surface area contributed by atoms with Crippen LogP contribution in [0.1, 0.15) is 19.3 Å². The van der Waals surface area contributed by atoms with Crippen molar-refractivity contribution in [1.82, 2.24) is 4.90 Å². The summed E-state index contributed by atoms with van der Waals surface area (Å²) in [6.45, 7) is 1.88. The smallest absolute Gasteiger partial charge is 0.164 e. The number of nitrogens with one attached hydrogen (secondary N) is 1. The highest BCUT2D eigenvalue weighted by molar-refractivity contribution is 6.53. The molecule has 0 bridgehead atoms. The molecule has 11 heavy (non-hydrogen) atoms. The molecule has 0 saturated carbocycles. The first-order valence-corrected chi connectivity index (χ1v) is 4.70. The first-order valence-electron chi connectivity index (χ1n) is 3.83. The van der Waals surface area contributed by atoms with Gasteiger partial charge in [-0.3, -0.25) is 5.41 Å². The molecule has 0 aliphatic carbocycles. The fraction of sp³-hybridized carbons (Fsp3) is 0.857. The third-order valence-corrected chi connectivity index (χ3v) is 2.32. The van der Waals surface area contributed by atoms with Gasteiger partial charge in [0.1, 0.15) is 5.84 Å². The zero-order chi connectivity index (χ0) is 8.27. The van der Waals surface area contributed by atoms with E-state index < -0.39 is 4.84 Å². The molecular formula is C7H12Cl2N2. The Labute approximate surface area is 77.0 Å². The average molecular weight is 195 g/mol. The molecule has 0 amide bonds. The van der Waals surface area contributed by atoms with Crippen molar-refractivity contribution in [3.8, 4) is 0 Å². The number of halogens is 2. The lowest BCUT2D eigenvalue weighted by Crippen LogP contribution is -2.38. The highest BCUT2D eigenvalue weighted by Crippen LogP contribution is 2.13. The summed E-state index contributed by atoms with van der Waals surface area (Å²) in [5.74, 6) is 0.355. The molecule has 1 N–H and O–H groups in total.